The maximum atomic E-state index is 5.51. The molecule has 0 spiro atoms. The zero-order valence-corrected chi connectivity index (χ0v) is 12.9. The van der Waals surface area contributed by atoms with Gasteiger partial charge < -0.3 is 15.0 Å². The van der Waals surface area contributed by atoms with Crippen molar-refractivity contribution in [3.63, 3.8) is 0 Å². The van der Waals surface area contributed by atoms with E-state index >= 15 is 0 Å². The Hall–Kier alpha value is -2.00. The minimum Gasteiger partial charge on any atom is -0.496 e. The largest absolute Gasteiger partial charge is 0.496 e. The van der Waals surface area contributed by atoms with E-state index in [9.17, 15) is 0 Å². The minimum atomic E-state index is 0.891. The number of ether oxygens (including phenoxy) is 1. The first-order chi connectivity index (χ1) is 10.2. The maximum absolute atomic E-state index is 5.51. The third-order valence-electron chi connectivity index (χ3n) is 4.16. The molecule has 0 amide bonds. The van der Waals surface area contributed by atoms with Crippen LogP contribution in [0.15, 0.2) is 36.4 Å². The van der Waals surface area contributed by atoms with Gasteiger partial charge in [0.2, 0.25) is 0 Å². The van der Waals surface area contributed by atoms with E-state index in [-0.39, 0.29) is 0 Å². The van der Waals surface area contributed by atoms with Crippen LogP contribution in [0.5, 0.6) is 5.75 Å². The second-order valence-electron chi connectivity index (χ2n) is 5.64. The molecule has 1 N–H and O–H groups in total. The summed E-state index contributed by atoms with van der Waals surface area (Å²) in [6, 6.07) is 13.0. The number of methoxy groups -OCH3 is 1. The van der Waals surface area contributed by atoms with Gasteiger partial charge in [0.05, 0.1) is 7.11 Å². The molecule has 21 heavy (non-hydrogen) atoms. The van der Waals surface area contributed by atoms with E-state index in [4.69, 9.17) is 4.74 Å². The Morgan fingerprint density at radius 1 is 1.00 bits per heavy atom. The highest BCUT2D eigenvalue weighted by Gasteiger charge is 2.18. The Balaban J connectivity index is 2.06. The number of nitrogens with zero attached hydrogens (tertiary/aromatic N) is 1. The highest BCUT2D eigenvalue weighted by molar-refractivity contribution is 5.72. The first-order valence-electron chi connectivity index (χ1n) is 7.38. The molecular weight excluding hydrogens is 260 g/mol. The highest BCUT2D eigenvalue weighted by Crippen LogP contribution is 2.34. The monoisotopic (exact) mass is 282 g/mol. The molecule has 0 saturated carbocycles. The summed E-state index contributed by atoms with van der Waals surface area (Å²) in [5.41, 5.74) is 6.56. The second kappa shape index (κ2) is 5.78. The van der Waals surface area contributed by atoms with Crippen LogP contribution in [-0.2, 0) is 13.0 Å². The fourth-order valence-corrected chi connectivity index (χ4v) is 2.98. The summed E-state index contributed by atoms with van der Waals surface area (Å²) in [4.78, 5) is 2.12. The van der Waals surface area contributed by atoms with Gasteiger partial charge in [0, 0.05) is 31.9 Å². The number of anilines is 1. The zero-order valence-electron chi connectivity index (χ0n) is 12.9. The standard InChI is InChI=1S/C18H22N2O/c1-20(2)14-6-4-13(5-7-14)15-8-9-18(21-3)17-12-19-11-10-16(15)17/h4-9,19H,10-12H2,1-3H3. The molecular formula is C18H22N2O. The number of hydrogen-bond acceptors (Lipinski definition) is 3. The summed E-state index contributed by atoms with van der Waals surface area (Å²) in [6.07, 6.45) is 1.05. The van der Waals surface area contributed by atoms with Crippen LogP contribution in [0.1, 0.15) is 11.1 Å². The van der Waals surface area contributed by atoms with Crippen LogP contribution in [0.2, 0.25) is 0 Å². The molecule has 2 aromatic rings. The summed E-state index contributed by atoms with van der Waals surface area (Å²) < 4.78 is 5.51. The van der Waals surface area contributed by atoms with Crippen LogP contribution in [0.3, 0.4) is 0 Å². The van der Waals surface area contributed by atoms with Crippen LogP contribution >= 0.6 is 0 Å². The fraction of sp³-hybridized carbons (Fsp3) is 0.333. The average Bonchev–Trinajstić information content (AvgIpc) is 2.54. The Labute approximate surface area is 126 Å². The van der Waals surface area contributed by atoms with E-state index in [1.165, 1.54) is 27.9 Å². The van der Waals surface area contributed by atoms with Crippen molar-refractivity contribution >= 4 is 5.69 Å². The van der Waals surface area contributed by atoms with Gasteiger partial charge in [-0.05, 0) is 47.9 Å². The topological polar surface area (TPSA) is 24.5 Å². The fourth-order valence-electron chi connectivity index (χ4n) is 2.98. The molecule has 3 heteroatoms. The molecule has 0 bridgehead atoms. The first kappa shape index (κ1) is 14.0. The van der Waals surface area contributed by atoms with Gasteiger partial charge in [-0.25, -0.2) is 0 Å². The smallest absolute Gasteiger partial charge is 0.123 e. The van der Waals surface area contributed by atoms with E-state index in [0.717, 1.165) is 25.3 Å². The van der Waals surface area contributed by atoms with Gasteiger partial charge in [0.15, 0.2) is 0 Å². The minimum absolute atomic E-state index is 0.891. The molecule has 1 heterocycles. The third-order valence-corrected chi connectivity index (χ3v) is 4.16. The predicted octanol–water partition coefficient (Wildman–Crippen LogP) is 3.07. The summed E-state index contributed by atoms with van der Waals surface area (Å²) >= 11 is 0. The lowest BCUT2D eigenvalue weighted by Crippen LogP contribution is -2.24. The van der Waals surface area contributed by atoms with Crippen molar-refractivity contribution in [2.24, 2.45) is 0 Å². The zero-order chi connectivity index (χ0) is 14.8. The van der Waals surface area contributed by atoms with Crippen LogP contribution in [0.25, 0.3) is 11.1 Å². The van der Waals surface area contributed by atoms with Gasteiger partial charge in [-0.2, -0.15) is 0 Å². The molecule has 0 aliphatic carbocycles. The van der Waals surface area contributed by atoms with Crippen molar-refractivity contribution in [3.05, 3.63) is 47.5 Å². The van der Waals surface area contributed by atoms with Gasteiger partial charge >= 0.3 is 0 Å². The van der Waals surface area contributed by atoms with E-state index in [0.29, 0.717) is 0 Å². The molecule has 0 aromatic heterocycles. The second-order valence-corrected chi connectivity index (χ2v) is 5.64. The van der Waals surface area contributed by atoms with Gasteiger partial charge in [0.1, 0.15) is 5.75 Å². The van der Waals surface area contributed by atoms with Gasteiger partial charge in [-0.3, -0.25) is 0 Å². The molecule has 3 rings (SSSR count). The molecule has 0 unspecified atom stereocenters. The number of benzene rings is 2. The molecule has 1 aliphatic heterocycles. The van der Waals surface area contributed by atoms with Crippen molar-refractivity contribution in [1.82, 2.24) is 5.32 Å². The van der Waals surface area contributed by atoms with Crippen LogP contribution in [-0.4, -0.2) is 27.7 Å². The molecule has 3 nitrogen and oxygen atoms in total. The van der Waals surface area contributed by atoms with Crippen molar-refractivity contribution in [2.45, 2.75) is 13.0 Å². The normalized spacial score (nSPS) is 13.7. The lowest BCUT2D eigenvalue weighted by molar-refractivity contribution is 0.405. The van der Waals surface area contributed by atoms with Gasteiger partial charge in [-0.15, -0.1) is 0 Å². The Kier molecular flexibility index (Phi) is 3.84. The number of fused-ring (bicyclic) bond motifs is 1. The highest BCUT2D eigenvalue weighted by atomic mass is 16.5. The molecule has 110 valence electrons. The lowest BCUT2D eigenvalue weighted by atomic mass is 9.90. The molecule has 0 radical (unpaired) electrons. The van der Waals surface area contributed by atoms with Crippen molar-refractivity contribution in [2.75, 3.05) is 32.6 Å². The quantitative estimate of drug-likeness (QED) is 0.936. The molecule has 0 saturated heterocycles. The molecule has 1 aliphatic rings. The average molecular weight is 282 g/mol. The Morgan fingerprint density at radius 2 is 1.76 bits per heavy atom. The molecule has 0 fully saturated rings. The summed E-state index contributed by atoms with van der Waals surface area (Å²) in [7, 11) is 5.88. The lowest BCUT2D eigenvalue weighted by Gasteiger charge is -2.23. The van der Waals surface area contributed by atoms with Crippen molar-refractivity contribution < 1.29 is 4.74 Å². The Bertz CT molecular complexity index is 632. The Morgan fingerprint density at radius 3 is 2.43 bits per heavy atom. The van der Waals surface area contributed by atoms with E-state index in [1.807, 2.05) is 0 Å². The SMILES string of the molecule is COc1ccc(-c2ccc(N(C)C)cc2)c2c1CNCC2. The van der Waals surface area contributed by atoms with Crippen molar-refractivity contribution in [1.29, 1.82) is 0 Å². The molecule has 0 atom stereocenters. The number of rotatable bonds is 3. The van der Waals surface area contributed by atoms with Crippen LogP contribution in [0, 0.1) is 0 Å². The predicted molar refractivity (Wildman–Crippen MR) is 88.2 cm³/mol. The summed E-state index contributed by atoms with van der Waals surface area (Å²) in [5.74, 6) is 0.992. The van der Waals surface area contributed by atoms with Gasteiger partial charge in [-0.1, -0.05) is 18.2 Å². The third kappa shape index (κ3) is 2.61. The molecule has 2 aromatic carbocycles. The summed E-state index contributed by atoms with van der Waals surface area (Å²) in [5, 5.41) is 3.43. The van der Waals surface area contributed by atoms with Crippen LogP contribution < -0.4 is 15.0 Å². The van der Waals surface area contributed by atoms with E-state index < -0.39 is 0 Å². The van der Waals surface area contributed by atoms with Crippen LogP contribution in [0.4, 0.5) is 5.69 Å². The van der Waals surface area contributed by atoms with E-state index in [1.54, 1.807) is 7.11 Å². The van der Waals surface area contributed by atoms with Crippen molar-refractivity contribution in [3.8, 4) is 16.9 Å². The number of nitrogens with one attached hydrogen (secondary N) is 1. The summed E-state index contributed by atoms with van der Waals surface area (Å²) in [6.45, 7) is 1.92. The van der Waals surface area contributed by atoms with Gasteiger partial charge in [0.25, 0.3) is 0 Å². The number of hydrogen-bond donors (Lipinski definition) is 1. The maximum Gasteiger partial charge on any atom is 0.123 e. The van der Waals surface area contributed by atoms with E-state index in [2.05, 4.69) is 60.7 Å². The first-order valence-corrected chi connectivity index (χ1v) is 7.38.